The second-order valence-corrected chi connectivity index (χ2v) is 4.97. The van der Waals surface area contributed by atoms with Crippen molar-refractivity contribution in [3.05, 3.63) is 29.5 Å². The highest BCUT2D eigenvalue weighted by atomic mass is 16.5. The van der Waals surface area contributed by atoms with Crippen molar-refractivity contribution < 1.29 is 19.1 Å². The molecule has 2 aromatic rings. The molecule has 3 rings (SSSR count). The van der Waals surface area contributed by atoms with Crippen molar-refractivity contribution in [2.75, 3.05) is 0 Å². The van der Waals surface area contributed by atoms with Crippen molar-refractivity contribution >= 4 is 16.9 Å². The number of aliphatic carboxylic acids is 1. The maximum atomic E-state index is 10.8. The van der Waals surface area contributed by atoms with Crippen molar-refractivity contribution in [3.63, 3.8) is 0 Å². The zero-order valence-corrected chi connectivity index (χ0v) is 10.8. The molecule has 0 bridgehead atoms. The van der Waals surface area contributed by atoms with Gasteiger partial charge in [0.05, 0.1) is 0 Å². The van der Waals surface area contributed by atoms with Crippen molar-refractivity contribution in [3.8, 4) is 5.75 Å². The Labute approximate surface area is 111 Å². The molecule has 1 unspecified atom stereocenters. The van der Waals surface area contributed by atoms with E-state index in [1.165, 1.54) is 25.3 Å². The van der Waals surface area contributed by atoms with Gasteiger partial charge in [0.1, 0.15) is 17.1 Å². The van der Waals surface area contributed by atoms with Crippen molar-refractivity contribution in [1.29, 1.82) is 0 Å². The number of benzene rings is 1. The molecule has 0 saturated carbocycles. The molecule has 0 fully saturated rings. The van der Waals surface area contributed by atoms with E-state index in [1.54, 1.807) is 6.07 Å². The molecule has 1 aliphatic carbocycles. The molecule has 4 nitrogen and oxygen atoms in total. The number of ether oxygens (including phenoxy) is 1. The summed E-state index contributed by atoms with van der Waals surface area (Å²) in [6.45, 7) is 1.53. The zero-order chi connectivity index (χ0) is 13.4. The molecular weight excluding hydrogens is 244 g/mol. The van der Waals surface area contributed by atoms with E-state index >= 15 is 0 Å². The van der Waals surface area contributed by atoms with E-state index in [9.17, 15) is 4.79 Å². The summed E-state index contributed by atoms with van der Waals surface area (Å²) in [5, 5.41) is 9.93. The van der Waals surface area contributed by atoms with E-state index in [2.05, 4.69) is 0 Å². The minimum Gasteiger partial charge on any atom is -0.479 e. The maximum absolute atomic E-state index is 10.8. The lowest BCUT2D eigenvalue weighted by Crippen LogP contribution is -2.22. The van der Waals surface area contributed by atoms with Gasteiger partial charge in [0, 0.05) is 17.4 Å². The first-order valence-electron chi connectivity index (χ1n) is 6.59. The molecule has 1 aliphatic rings. The summed E-state index contributed by atoms with van der Waals surface area (Å²) in [7, 11) is 0. The second-order valence-electron chi connectivity index (χ2n) is 4.97. The Hall–Kier alpha value is -1.97. The predicted molar refractivity (Wildman–Crippen MR) is 70.6 cm³/mol. The highest BCUT2D eigenvalue weighted by molar-refractivity contribution is 5.84. The van der Waals surface area contributed by atoms with Gasteiger partial charge in [0.25, 0.3) is 0 Å². The third-order valence-electron chi connectivity index (χ3n) is 3.59. The van der Waals surface area contributed by atoms with Crippen LogP contribution in [0.5, 0.6) is 5.75 Å². The average Bonchev–Trinajstić information content (AvgIpc) is 2.76. The van der Waals surface area contributed by atoms with Gasteiger partial charge in [-0.05, 0) is 44.4 Å². The number of carbonyl (C=O) groups is 1. The third-order valence-corrected chi connectivity index (χ3v) is 3.59. The van der Waals surface area contributed by atoms with Crippen molar-refractivity contribution in [1.82, 2.24) is 0 Å². The van der Waals surface area contributed by atoms with Crippen LogP contribution < -0.4 is 4.74 Å². The fourth-order valence-electron chi connectivity index (χ4n) is 2.57. The Kier molecular flexibility index (Phi) is 2.93. The Morgan fingerprint density at radius 1 is 1.37 bits per heavy atom. The van der Waals surface area contributed by atoms with Gasteiger partial charge in [0.2, 0.25) is 0 Å². The van der Waals surface area contributed by atoms with Crippen LogP contribution in [0.2, 0.25) is 0 Å². The van der Waals surface area contributed by atoms with Gasteiger partial charge >= 0.3 is 5.97 Å². The minimum absolute atomic E-state index is 0.580. The molecule has 1 aromatic heterocycles. The molecule has 1 N–H and O–H groups in total. The molecule has 0 radical (unpaired) electrons. The number of hydrogen-bond donors (Lipinski definition) is 1. The first-order chi connectivity index (χ1) is 9.15. The van der Waals surface area contributed by atoms with E-state index in [4.69, 9.17) is 14.3 Å². The Morgan fingerprint density at radius 3 is 2.95 bits per heavy atom. The lowest BCUT2D eigenvalue weighted by Gasteiger charge is -2.11. The molecule has 0 saturated heterocycles. The van der Waals surface area contributed by atoms with Crippen LogP contribution in [0.3, 0.4) is 0 Å². The maximum Gasteiger partial charge on any atom is 0.344 e. The standard InChI is InChI=1S/C15H16O4/c1-9(15(16)17)18-10-6-7-14-12(8-10)11-4-2-3-5-13(11)19-14/h6-9H,2-5H2,1H3,(H,16,17). The minimum atomic E-state index is -0.964. The molecular formula is C15H16O4. The van der Waals surface area contributed by atoms with Crippen LogP contribution in [-0.4, -0.2) is 17.2 Å². The summed E-state index contributed by atoms with van der Waals surface area (Å²) in [5.74, 6) is 0.690. The monoisotopic (exact) mass is 260 g/mol. The molecule has 4 heteroatoms. The molecule has 1 atom stereocenters. The van der Waals surface area contributed by atoms with Gasteiger partial charge < -0.3 is 14.3 Å². The molecule has 0 spiro atoms. The van der Waals surface area contributed by atoms with Gasteiger partial charge in [-0.2, -0.15) is 0 Å². The number of rotatable bonds is 3. The molecule has 0 amide bonds. The number of furan rings is 1. The number of aryl methyl sites for hydroxylation is 2. The van der Waals surface area contributed by atoms with Crippen molar-refractivity contribution in [2.24, 2.45) is 0 Å². The lowest BCUT2D eigenvalue weighted by molar-refractivity contribution is -0.144. The Bertz CT molecular complexity index is 626. The zero-order valence-electron chi connectivity index (χ0n) is 10.8. The number of hydrogen-bond acceptors (Lipinski definition) is 3. The van der Waals surface area contributed by atoms with Crippen LogP contribution in [0.15, 0.2) is 22.6 Å². The van der Waals surface area contributed by atoms with Crippen LogP contribution >= 0.6 is 0 Å². The van der Waals surface area contributed by atoms with Gasteiger partial charge in [-0.3, -0.25) is 0 Å². The summed E-state index contributed by atoms with van der Waals surface area (Å²) >= 11 is 0. The number of carboxylic acid groups (broad SMARTS) is 1. The largest absolute Gasteiger partial charge is 0.479 e. The summed E-state index contributed by atoms with van der Waals surface area (Å²) in [4.78, 5) is 10.8. The van der Waals surface area contributed by atoms with E-state index in [1.807, 2.05) is 12.1 Å². The predicted octanol–water partition coefficient (Wildman–Crippen LogP) is 3.16. The summed E-state index contributed by atoms with van der Waals surface area (Å²) in [5.41, 5.74) is 2.12. The van der Waals surface area contributed by atoms with Gasteiger partial charge in [-0.25, -0.2) is 4.79 Å². The molecule has 100 valence electrons. The molecule has 1 heterocycles. The number of fused-ring (bicyclic) bond motifs is 3. The summed E-state index contributed by atoms with van der Waals surface area (Å²) in [6.07, 6.45) is 3.52. The smallest absolute Gasteiger partial charge is 0.344 e. The fraction of sp³-hybridized carbons (Fsp3) is 0.400. The van der Waals surface area contributed by atoms with Crippen LogP contribution in [0, 0.1) is 0 Å². The lowest BCUT2D eigenvalue weighted by atomic mass is 9.96. The average molecular weight is 260 g/mol. The second kappa shape index (κ2) is 4.61. The highest BCUT2D eigenvalue weighted by Gasteiger charge is 2.19. The number of carboxylic acids is 1. The summed E-state index contributed by atoms with van der Waals surface area (Å²) < 4.78 is 11.2. The van der Waals surface area contributed by atoms with Crippen LogP contribution in [0.4, 0.5) is 0 Å². The SMILES string of the molecule is CC(Oc1ccc2oc3c(c2c1)CCCC3)C(=O)O. The van der Waals surface area contributed by atoms with E-state index in [0.29, 0.717) is 5.75 Å². The molecule has 19 heavy (non-hydrogen) atoms. The Balaban J connectivity index is 1.98. The van der Waals surface area contributed by atoms with Crippen LogP contribution in [-0.2, 0) is 17.6 Å². The van der Waals surface area contributed by atoms with Gasteiger partial charge in [-0.15, -0.1) is 0 Å². The highest BCUT2D eigenvalue weighted by Crippen LogP contribution is 2.34. The topological polar surface area (TPSA) is 59.7 Å². The van der Waals surface area contributed by atoms with Crippen LogP contribution in [0.25, 0.3) is 11.0 Å². The van der Waals surface area contributed by atoms with E-state index < -0.39 is 12.1 Å². The molecule has 1 aromatic carbocycles. The first-order valence-corrected chi connectivity index (χ1v) is 6.59. The Morgan fingerprint density at radius 2 is 2.16 bits per heavy atom. The van der Waals surface area contributed by atoms with Gasteiger partial charge in [0.15, 0.2) is 6.10 Å². The van der Waals surface area contributed by atoms with E-state index in [0.717, 1.165) is 29.6 Å². The van der Waals surface area contributed by atoms with Gasteiger partial charge in [-0.1, -0.05) is 0 Å². The first kappa shape index (κ1) is 12.1. The van der Waals surface area contributed by atoms with E-state index in [-0.39, 0.29) is 0 Å². The fourth-order valence-corrected chi connectivity index (χ4v) is 2.57. The van der Waals surface area contributed by atoms with Crippen molar-refractivity contribution in [2.45, 2.75) is 38.7 Å². The quantitative estimate of drug-likeness (QED) is 0.920. The molecule has 0 aliphatic heterocycles. The third kappa shape index (κ3) is 2.18. The normalized spacial score (nSPS) is 16.1. The van der Waals surface area contributed by atoms with Crippen LogP contribution in [0.1, 0.15) is 31.1 Å². The summed E-state index contributed by atoms with van der Waals surface area (Å²) in [6, 6.07) is 5.51.